The van der Waals surface area contributed by atoms with Gasteiger partial charge < -0.3 is 14.2 Å². The van der Waals surface area contributed by atoms with Gasteiger partial charge in [-0.2, -0.15) is 0 Å². The van der Waals surface area contributed by atoms with Gasteiger partial charge in [-0.1, -0.05) is 12.1 Å². The molecule has 0 saturated carbocycles. The maximum atomic E-state index is 12.0. The van der Waals surface area contributed by atoms with E-state index in [1.807, 2.05) is 12.1 Å². The van der Waals surface area contributed by atoms with E-state index >= 15 is 0 Å². The summed E-state index contributed by atoms with van der Waals surface area (Å²) in [6, 6.07) is 6.03. The van der Waals surface area contributed by atoms with Crippen molar-refractivity contribution in [2.24, 2.45) is 0 Å². The van der Waals surface area contributed by atoms with Gasteiger partial charge >= 0.3 is 0 Å². The Balaban J connectivity index is 1.61. The molecule has 0 fully saturated rings. The Morgan fingerprint density at radius 2 is 1.86 bits per heavy atom. The maximum absolute atomic E-state index is 12.0. The highest BCUT2D eigenvalue weighted by Crippen LogP contribution is 2.22. The molecule has 1 aliphatic rings. The first kappa shape index (κ1) is 16.1. The number of ether oxygens (including phenoxy) is 3. The van der Waals surface area contributed by atoms with Crippen molar-refractivity contribution in [1.82, 2.24) is 0 Å². The zero-order valence-corrected chi connectivity index (χ0v) is 12.7. The molecule has 1 aliphatic carbocycles. The molecule has 0 atom stereocenters. The summed E-state index contributed by atoms with van der Waals surface area (Å²) in [6.07, 6.45) is 4.23. The number of fused-ring (bicyclic) bond motifs is 1. The van der Waals surface area contributed by atoms with Crippen molar-refractivity contribution in [2.45, 2.75) is 25.7 Å². The molecule has 0 amide bonds. The van der Waals surface area contributed by atoms with Crippen LogP contribution in [0.4, 0.5) is 0 Å². The van der Waals surface area contributed by atoms with Crippen LogP contribution < -0.4 is 0 Å². The summed E-state index contributed by atoms with van der Waals surface area (Å²) >= 11 is 0. The first-order valence-corrected chi connectivity index (χ1v) is 7.60. The van der Waals surface area contributed by atoms with Gasteiger partial charge in [0.05, 0.1) is 13.2 Å². The standard InChI is InChI=1S/C17H24O4/c1-19-10-11-20-8-3-9-21-13-17(18)16-7-6-14-4-2-5-15(14)12-16/h6-7,12H,2-5,8-11,13H2,1H3. The van der Waals surface area contributed by atoms with Gasteiger partial charge in [0, 0.05) is 25.9 Å². The second-order valence-electron chi connectivity index (χ2n) is 5.27. The summed E-state index contributed by atoms with van der Waals surface area (Å²) in [6.45, 7) is 2.54. The number of ketones is 1. The molecule has 2 rings (SSSR count). The molecule has 4 nitrogen and oxygen atoms in total. The molecular weight excluding hydrogens is 268 g/mol. The Labute approximate surface area is 126 Å². The Kier molecular flexibility index (Phi) is 6.86. The van der Waals surface area contributed by atoms with Crippen LogP contribution in [0.5, 0.6) is 0 Å². The lowest BCUT2D eigenvalue weighted by Crippen LogP contribution is -2.12. The number of Topliss-reactive ketones (excluding diaryl/α,β-unsaturated/α-hetero) is 1. The van der Waals surface area contributed by atoms with Crippen LogP contribution in [-0.4, -0.2) is 45.9 Å². The first-order valence-electron chi connectivity index (χ1n) is 7.60. The predicted molar refractivity (Wildman–Crippen MR) is 80.9 cm³/mol. The second kappa shape index (κ2) is 8.93. The third-order valence-electron chi connectivity index (χ3n) is 3.66. The van der Waals surface area contributed by atoms with Crippen LogP contribution >= 0.6 is 0 Å². The van der Waals surface area contributed by atoms with E-state index in [0.717, 1.165) is 24.8 Å². The molecule has 0 aromatic heterocycles. The summed E-state index contributed by atoms with van der Waals surface area (Å²) in [5.74, 6) is 0.0602. The van der Waals surface area contributed by atoms with Gasteiger partial charge in [0.15, 0.2) is 5.78 Å². The fraction of sp³-hybridized carbons (Fsp3) is 0.588. The van der Waals surface area contributed by atoms with Crippen molar-refractivity contribution in [3.8, 4) is 0 Å². The molecule has 0 heterocycles. The summed E-state index contributed by atoms with van der Waals surface area (Å²) < 4.78 is 15.6. The predicted octanol–water partition coefficient (Wildman–Crippen LogP) is 2.43. The van der Waals surface area contributed by atoms with Crippen molar-refractivity contribution in [3.05, 3.63) is 34.9 Å². The number of carbonyl (C=O) groups is 1. The lowest BCUT2D eigenvalue weighted by atomic mass is 10.0. The zero-order chi connectivity index (χ0) is 14.9. The molecule has 116 valence electrons. The Morgan fingerprint density at radius 3 is 2.71 bits per heavy atom. The Morgan fingerprint density at radius 1 is 1.05 bits per heavy atom. The van der Waals surface area contributed by atoms with E-state index < -0.39 is 0 Å². The highest BCUT2D eigenvalue weighted by Gasteiger charge is 2.13. The number of rotatable bonds is 10. The van der Waals surface area contributed by atoms with Crippen molar-refractivity contribution in [1.29, 1.82) is 0 Å². The summed E-state index contributed by atoms with van der Waals surface area (Å²) in [5.41, 5.74) is 3.49. The third-order valence-corrected chi connectivity index (χ3v) is 3.66. The fourth-order valence-corrected chi connectivity index (χ4v) is 2.50. The van der Waals surface area contributed by atoms with Crippen molar-refractivity contribution >= 4 is 5.78 Å². The topological polar surface area (TPSA) is 44.8 Å². The summed E-state index contributed by atoms with van der Waals surface area (Å²) in [4.78, 5) is 12.0. The molecule has 1 aromatic carbocycles. The lowest BCUT2D eigenvalue weighted by molar-refractivity contribution is 0.0488. The molecule has 0 unspecified atom stereocenters. The maximum Gasteiger partial charge on any atom is 0.188 e. The van der Waals surface area contributed by atoms with Crippen LogP contribution in [0.25, 0.3) is 0 Å². The molecular formula is C17H24O4. The highest BCUT2D eigenvalue weighted by molar-refractivity contribution is 5.97. The summed E-state index contributed by atoms with van der Waals surface area (Å²) in [7, 11) is 1.65. The smallest absolute Gasteiger partial charge is 0.188 e. The molecule has 4 heteroatoms. The number of carbonyl (C=O) groups excluding carboxylic acids is 1. The minimum atomic E-state index is 0.0602. The molecule has 0 spiro atoms. The van der Waals surface area contributed by atoms with Crippen LogP contribution in [0.2, 0.25) is 0 Å². The third kappa shape index (κ3) is 5.23. The Bertz CT molecular complexity index is 456. The lowest BCUT2D eigenvalue weighted by Gasteiger charge is -2.06. The van der Waals surface area contributed by atoms with Gasteiger partial charge in [-0.25, -0.2) is 0 Å². The molecule has 0 radical (unpaired) electrons. The van der Waals surface area contributed by atoms with Crippen LogP contribution in [0, 0.1) is 0 Å². The number of hydrogen-bond acceptors (Lipinski definition) is 4. The fourth-order valence-electron chi connectivity index (χ4n) is 2.50. The van der Waals surface area contributed by atoms with E-state index in [1.165, 1.54) is 17.5 Å². The van der Waals surface area contributed by atoms with E-state index in [4.69, 9.17) is 14.2 Å². The zero-order valence-electron chi connectivity index (χ0n) is 12.7. The van der Waals surface area contributed by atoms with Crippen molar-refractivity contribution in [2.75, 3.05) is 40.1 Å². The SMILES string of the molecule is COCCOCCCOCC(=O)c1ccc2c(c1)CCC2. The Hall–Kier alpha value is -1.23. The molecule has 1 aromatic rings. The molecule has 0 aliphatic heterocycles. The normalized spacial score (nSPS) is 13.4. The molecule has 0 N–H and O–H groups in total. The van der Waals surface area contributed by atoms with Crippen LogP contribution in [0.15, 0.2) is 18.2 Å². The van der Waals surface area contributed by atoms with Gasteiger partial charge in [-0.15, -0.1) is 0 Å². The average Bonchev–Trinajstić information content (AvgIpc) is 2.97. The average molecular weight is 292 g/mol. The molecule has 0 saturated heterocycles. The largest absolute Gasteiger partial charge is 0.382 e. The minimum absolute atomic E-state index is 0.0602. The van der Waals surface area contributed by atoms with Gasteiger partial charge in [0.2, 0.25) is 0 Å². The van der Waals surface area contributed by atoms with E-state index in [0.29, 0.717) is 26.4 Å². The monoisotopic (exact) mass is 292 g/mol. The molecule has 21 heavy (non-hydrogen) atoms. The van der Waals surface area contributed by atoms with Gasteiger partial charge in [0.25, 0.3) is 0 Å². The van der Waals surface area contributed by atoms with E-state index in [-0.39, 0.29) is 12.4 Å². The van der Waals surface area contributed by atoms with Crippen LogP contribution in [0.3, 0.4) is 0 Å². The summed E-state index contributed by atoms with van der Waals surface area (Å²) in [5, 5.41) is 0. The van der Waals surface area contributed by atoms with Gasteiger partial charge in [-0.3, -0.25) is 4.79 Å². The number of methoxy groups -OCH3 is 1. The van der Waals surface area contributed by atoms with Crippen LogP contribution in [-0.2, 0) is 27.1 Å². The number of aryl methyl sites for hydroxylation is 2. The van der Waals surface area contributed by atoms with E-state index in [2.05, 4.69) is 6.07 Å². The van der Waals surface area contributed by atoms with Crippen LogP contribution in [0.1, 0.15) is 34.3 Å². The van der Waals surface area contributed by atoms with E-state index in [9.17, 15) is 4.79 Å². The van der Waals surface area contributed by atoms with Gasteiger partial charge in [0.1, 0.15) is 6.61 Å². The van der Waals surface area contributed by atoms with E-state index in [1.54, 1.807) is 7.11 Å². The second-order valence-corrected chi connectivity index (χ2v) is 5.27. The quantitative estimate of drug-likeness (QED) is 0.491. The minimum Gasteiger partial charge on any atom is -0.382 e. The van der Waals surface area contributed by atoms with Crippen molar-refractivity contribution in [3.63, 3.8) is 0 Å². The highest BCUT2D eigenvalue weighted by atomic mass is 16.5. The molecule has 0 bridgehead atoms. The van der Waals surface area contributed by atoms with Crippen molar-refractivity contribution < 1.29 is 19.0 Å². The number of hydrogen-bond donors (Lipinski definition) is 0. The first-order chi connectivity index (χ1) is 10.3. The van der Waals surface area contributed by atoms with Gasteiger partial charge in [-0.05, 0) is 42.9 Å². The number of benzene rings is 1.